The van der Waals surface area contributed by atoms with Crippen LogP contribution in [0.3, 0.4) is 0 Å². The lowest BCUT2D eigenvalue weighted by Crippen LogP contribution is -2.64. The van der Waals surface area contributed by atoms with Crippen molar-refractivity contribution in [1.29, 1.82) is 0 Å². The Labute approximate surface area is 351 Å². The van der Waals surface area contributed by atoms with Gasteiger partial charge in [0.05, 0.1) is 6.61 Å². The Balaban J connectivity index is 2.44. The molecule has 0 bridgehead atoms. The molecule has 1 fully saturated rings. The molecule has 8 atom stereocenters. The quantitative estimate of drug-likeness (QED) is 0.0194. The third kappa shape index (κ3) is 27.6. The number of unbranched alkanes of at least 4 members (excludes halogenated alkanes) is 27. The molecule has 0 saturated heterocycles. The summed E-state index contributed by atoms with van der Waals surface area (Å²) >= 11 is 0. The number of rotatable bonds is 39. The minimum atomic E-state index is -5.11. The van der Waals surface area contributed by atoms with Gasteiger partial charge >= 0.3 is 19.8 Å². The maximum Gasteiger partial charge on any atom is 0.472 e. The number of phosphoric acid groups is 1. The SMILES string of the molecule is CCCCCCCCCCCCCCCCCC(=O)OC[C@H](COP(=O)(O)OC1C(O)C(O)C(O)[C@@H](O)C1O)OC(=O)CCCCCCCCCCCCCCCC. The molecule has 6 unspecified atom stereocenters. The van der Waals surface area contributed by atoms with Crippen LogP contribution in [0.1, 0.15) is 213 Å². The van der Waals surface area contributed by atoms with Crippen molar-refractivity contribution in [3.05, 3.63) is 0 Å². The summed E-state index contributed by atoms with van der Waals surface area (Å²) in [5, 5.41) is 50.1. The summed E-state index contributed by atoms with van der Waals surface area (Å²) < 4.78 is 33.5. The van der Waals surface area contributed by atoms with Gasteiger partial charge in [0, 0.05) is 12.8 Å². The minimum Gasteiger partial charge on any atom is -0.462 e. The van der Waals surface area contributed by atoms with Crippen molar-refractivity contribution in [2.24, 2.45) is 0 Å². The molecule has 0 aliphatic heterocycles. The predicted molar refractivity (Wildman–Crippen MR) is 226 cm³/mol. The highest BCUT2D eigenvalue weighted by molar-refractivity contribution is 7.47. The van der Waals surface area contributed by atoms with Crippen LogP contribution in [-0.4, -0.2) is 98.3 Å². The number of carbonyl (C=O) groups excluding carboxylic acids is 2. The van der Waals surface area contributed by atoms with Gasteiger partial charge in [-0.2, -0.15) is 0 Å². The van der Waals surface area contributed by atoms with Crippen LogP contribution in [0.4, 0.5) is 0 Å². The molecule has 58 heavy (non-hydrogen) atoms. The van der Waals surface area contributed by atoms with E-state index >= 15 is 0 Å². The molecule has 1 aliphatic rings. The fraction of sp³-hybridized carbons (Fsp3) is 0.955. The molecule has 0 spiro atoms. The van der Waals surface area contributed by atoms with Gasteiger partial charge in [-0.25, -0.2) is 4.57 Å². The number of esters is 2. The van der Waals surface area contributed by atoms with Crippen molar-refractivity contribution in [2.75, 3.05) is 13.2 Å². The van der Waals surface area contributed by atoms with Gasteiger partial charge in [0.25, 0.3) is 0 Å². The highest BCUT2D eigenvalue weighted by Gasteiger charge is 2.51. The molecule has 0 heterocycles. The molecule has 0 aromatic heterocycles. The van der Waals surface area contributed by atoms with E-state index in [2.05, 4.69) is 13.8 Å². The zero-order valence-corrected chi connectivity index (χ0v) is 37.3. The van der Waals surface area contributed by atoms with Crippen LogP contribution in [0.5, 0.6) is 0 Å². The lowest BCUT2D eigenvalue weighted by Gasteiger charge is -2.41. The third-order valence-corrected chi connectivity index (χ3v) is 12.2. The normalized spacial score (nSPS) is 22.4. The van der Waals surface area contributed by atoms with Crippen LogP contribution in [0.25, 0.3) is 0 Å². The first-order chi connectivity index (χ1) is 27.9. The number of phosphoric ester groups is 1. The molecule has 344 valence electrons. The summed E-state index contributed by atoms with van der Waals surface area (Å²) in [7, 11) is -5.11. The molecule has 1 saturated carbocycles. The monoisotopic (exact) mass is 853 g/mol. The highest BCUT2D eigenvalue weighted by atomic mass is 31.2. The summed E-state index contributed by atoms with van der Waals surface area (Å²) in [4.78, 5) is 35.7. The fourth-order valence-corrected chi connectivity index (χ4v) is 8.38. The number of aliphatic hydroxyl groups is 5. The Hall–Kier alpha value is -1.15. The van der Waals surface area contributed by atoms with E-state index in [0.717, 1.165) is 38.5 Å². The van der Waals surface area contributed by atoms with Gasteiger partial charge in [-0.3, -0.25) is 18.6 Å². The van der Waals surface area contributed by atoms with Gasteiger partial charge in [0.1, 0.15) is 43.2 Å². The summed E-state index contributed by atoms with van der Waals surface area (Å²) in [6, 6.07) is 0. The van der Waals surface area contributed by atoms with Crippen LogP contribution in [0, 0.1) is 0 Å². The third-order valence-electron chi connectivity index (χ3n) is 11.2. The lowest BCUT2D eigenvalue weighted by atomic mass is 9.85. The first kappa shape index (κ1) is 54.9. The van der Waals surface area contributed by atoms with E-state index in [1.807, 2.05) is 0 Å². The van der Waals surface area contributed by atoms with Crippen LogP contribution in [0.15, 0.2) is 0 Å². The first-order valence-corrected chi connectivity index (χ1v) is 24.8. The van der Waals surface area contributed by atoms with E-state index in [-0.39, 0.29) is 12.8 Å². The average Bonchev–Trinajstić information content (AvgIpc) is 3.20. The maximum absolute atomic E-state index is 12.8. The first-order valence-electron chi connectivity index (χ1n) is 23.3. The predicted octanol–water partition coefficient (Wildman–Crippen LogP) is 8.89. The molecule has 0 aromatic rings. The van der Waals surface area contributed by atoms with Gasteiger partial charge in [-0.15, -0.1) is 0 Å². The van der Waals surface area contributed by atoms with Crippen LogP contribution >= 0.6 is 7.82 Å². The zero-order chi connectivity index (χ0) is 42.9. The maximum atomic E-state index is 12.8. The van der Waals surface area contributed by atoms with Gasteiger partial charge < -0.3 is 39.9 Å². The molecule has 13 nitrogen and oxygen atoms in total. The van der Waals surface area contributed by atoms with E-state index in [1.165, 1.54) is 135 Å². The van der Waals surface area contributed by atoms with E-state index in [4.69, 9.17) is 18.5 Å². The second-order valence-electron chi connectivity index (χ2n) is 16.6. The number of hydrogen-bond acceptors (Lipinski definition) is 12. The Morgan fingerprint density at radius 1 is 0.466 bits per heavy atom. The summed E-state index contributed by atoms with van der Waals surface area (Å²) in [5.41, 5.74) is 0. The molecule has 14 heteroatoms. The van der Waals surface area contributed by atoms with E-state index in [0.29, 0.717) is 12.8 Å². The van der Waals surface area contributed by atoms with Crippen LogP contribution < -0.4 is 0 Å². The van der Waals surface area contributed by atoms with Gasteiger partial charge in [0.2, 0.25) is 0 Å². The van der Waals surface area contributed by atoms with Crippen molar-refractivity contribution in [3.63, 3.8) is 0 Å². The Morgan fingerprint density at radius 3 is 1.14 bits per heavy atom. The van der Waals surface area contributed by atoms with E-state index in [1.54, 1.807) is 0 Å². The van der Waals surface area contributed by atoms with Crippen LogP contribution in [-0.2, 0) is 32.7 Å². The smallest absolute Gasteiger partial charge is 0.462 e. The minimum absolute atomic E-state index is 0.105. The number of aliphatic hydroxyl groups excluding tert-OH is 5. The van der Waals surface area contributed by atoms with Gasteiger partial charge in [0.15, 0.2) is 6.10 Å². The Kier molecular flexibility index (Phi) is 33.5. The number of hydrogen-bond donors (Lipinski definition) is 6. The van der Waals surface area contributed by atoms with Crippen molar-refractivity contribution in [2.45, 2.75) is 256 Å². The lowest BCUT2D eigenvalue weighted by molar-refractivity contribution is -0.220. The molecule has 0 aromatic carbocycles. The molecule has 6 N–H and O–H groups in total. The Morgan fingerprint density at radius 2 is 0.776 bits per heavy atom. The average molecular weight is 853 g/mol. The number of carbonyl (C=O) groups is 2. The summed E-state index contributed by atoms with van der Waals surface area (Å²) in [5.74, 6) is -1.08. The zero-order valence-electron chi connectivity index (χ0n) is 36.4. The fourth-order valence-electron chi connectivity index (χ4n) is 7.41. The van der Waals surface area contributed by atoms with E-state index in [9.17, 15) is 44.6 Å². The van der Waals surface area contributed by atoms with Crippen molar-refractivity contribution >= 4 is 19.8 Å². The van der Waals surface area contributed by atoms with Gasteiger partial charge in [-0.05, 0) is 12.8 Å². The molecule has 1 rings (SSSR count). The van der Waals surface area contributed by atoms with Crippen molar-refractivity contribution in [1.82, 2.24) is 0 Å². The largest absolute Gasteiger partial charge is 0.472 e. The summed E-state index contributed by atoms with van der Waals surface area (Å²) in [6.07, 6.45) is 21.5. The van der Waals surface area contributed by atoms with Crippen molar-refractivity contribution < 1.29 is 63.1 Å². The van der Waals surface area contributed by atoms with Crippen molar-refractivity contribution in [3.8, 4) is 0 Å². The second-order valence-corrected chi connectivity index (χ2v) is 18.0. The molecule has 1 aliphatic carbocycles. The highest BCUT2D eigenvalue weighted by Crippen LogP contribution is 2.47. The second kappa shape index (κ2) is 35.4. The molecular weight excluding hydrogens is 767 g/mol. The summed E-state index contributed by atoms with van der Waals surface area (Å²) in [6.45, 7) is 3.32. The van der Waals surface area contributed by atoms with Crippen LogP contribution in [0.2, 0.25) is 0 Å². The topological polar surface area (TPSA) is 210 Å². The molecule has 0 amide bonds. The molecule has 0 radical (unpaired) electrons. The Bertz CT molecular complexity index is 1030. The number of ether oxygens (including phenoxy) is 2. The standard InChI is InChI=1S/C44H85O13P/c1-3-5-7-9-11-13-15-17-19-21-22-24-26-28-30-32-37(45)54-34-36(35-55-58(52,53)57-44-42(50)40(48)39(47)41(49)43(44)51)56-38(46)33-31-29-27-25-23-20-18-16-14-12-10-8-6-4-2/h36,39-44,47-51H,3-35H2,1-2H3,(H,52,53)/t36-,39?,40-,41?,42?,43?,44?/m1/s1. The van der Waals surface area contributed by atoms with Gasteiger partial charge in [-0.1, -0.05) is 187 Å². The van der Waals surface area contributed by atoms with E-state index < -0.39 is 75.7 Å². The molecular formula is C44H85O13P.